The Morgan fingerprint density at radius 3 is 2.50 bits per heavy atom. The van der Waals surface area contributed by atoms with Crippen LogP contribution in [-0.2, 0) is 0 Å². The molecule has 0 spiro atoms. The van der Waals surface area contributed by atoms with Crippen LogP contribution in [0.15, 0.2) is 39.0 Å². The largest absolute Gasteiger partial charge is 0.497 e. The molecule has 0 aliphatic heterocycles. The van der Waals surface area contributed by atoms with Gasteiger partial charge < -0.3 is 9.30 Å². The van der Waals surface area contributed by atoms with E-state index in [-0.39, 0.29) is 5.78 Å². The Labute approximate surface area is 165 Å². The monoisotopic (exact) mass is 405 g/mol. The van der Waals surface area contributed by atoms with E-state index in [0.717, 1.165) is 37.1 Å². The van der Waals surface area contributed by atoms with E-state index >= 15 is 0 Å². The molecule has 0 unspecified atom stereocenters. The fourth-order valence-electron chi connectivity index (χ4n) is 2.72. The van der Waals surface area contributed by atoms with Gasteiger partial charge in [0.15, 0.2) is 14.5 Å². The number of Topliss-reactive ketones (excluding diaryl/α,β-unsaturated/α-hetero) is 1. The number of benzene rings is 1. The van der Waals surface area contributed by atoms with Gasteiger partial charge >= 0.3 is 0 Å². The first-order chi connectivity index (χ1) is 12.5. The Bertz CT molecular complexity index is 916. The maximum atomic E-state index is 12.7. The second-order valence-corrected chi connectivity index (χ2v) is 8.82. The molecule has 0 atom stereocenters. The van der Waals surface area contributed by atoms with Gasteiger partial charge in [-0.25, -0.2) is 0 Å². The number of hydrogen-bond acceptors (Lipinski definition) is 7. The predicted octanol–water partition coefficient (Wildman–Crippen LogP) is 4.65. The van der Waals surface area contributed by atoms with Gasteiger partial charge in [-0.05, 0) is 50.4 Å². The standard InChI is InChI=1S/C18H19N3O2S3/c1-11-9-15(16(22)10-25-18-20-19-17(24-4)26-18)12(2)21(11)13-5-7-14(23-3)8-6-13/h5-9H,10H2,1-4H3. The number of methoxy groups -OCH3 is 1. The summed E-state index contributed by atoms with van der Waals surface area (Å²) in [6.07, 6.45) is 1.97. The molecule has 0 fully saturated rings. The van der Waals surface area contributed by atoms with Gasteiger partial charge in [-0.15, -0.1) is 10.2 Å². The average molecular weight is 406 g/mol. The van der Waals surface area contributed by atoms with Crippen molar-refractivity contribution >= 4 is 40.6 Å². The minimum atomic E-state index is 0.101. The highest BCUT2D eigenvalue weighted by molar-refractivity contribution is 8.03. The fraction of sp³-hybridized carbons (Fsp3) is 0.278. The maximum Gasteiger partial charge on any atom is 0.175 e. The van der Waals surface area contributed by atoms with Crippen LogP contribution < -0.4 is 4.74 Å². The minimum Gasteiger partial charge on any atom is -0.497 e. The van der Waals surface area contributed by atoms with Crippen LogP contribution in [-0.4, -0.2) is 39.7 Å². The van der Waals surface area contributed by atoms with Crippen molar-refractivity contribution in [3.8, 4) is 11.4 Å². The molecular formula is C18H19N3O2S3. The van der Waals surface area contributed by atoms with Gasteiger partial charge in [-0.2, -0.15) is 0 Å². The summed E-state index contributed by atoms with van der Waals surface area (Å²) < 4.78 is 9.05. The predicted molar refractivity (Wildman–Crippen MR) is 109 cm³/mol. The molecule has 2 heterocycles. The lowest BCUT2D eigenvalue weighted by molar-refractivity contribution is 0.102. The van der Waals surface area contributed by atoms with Crippen molar-refractivity contribution in [3.63, 3.8) is 0 Å². The number of hydrogen-bond donors (Lipinski definition) is 0. The molecule has 5 nitrogen and oxygen atoms in total. The molecule has 136 valence electrons. The zero-order chi connectivity index (χ0) is 18.7. The van der Waals surface area contributed by atoms with Gasteiger partial charge in [-0.3, -0.25) is 4.79 Å². The Morgan fingerprint density at radius 1 is 1.19 bits per heavy atom. The fourth-order valence-corrected chi connectivity index (χ4v) is 5.04. The van der Waals surface area contributed by atoms with Gasteiger partial charge in [0.25, 0.3) is 0 Å². The molecule has 2 aromatic heterocycles. The summed E-state index contributed by atoms with van der Waals surface area (Å²) in [5.41, 5.74) is 3.74. The Balaban J connectivity index is 1.78. The highest BCUT2D eigenvalue weighted by atomic mass is 32.2. The Morgan fingerprint density at radius 2 is 1.88 bits per heavy atom. The summed E-state index contributed by atoms with van der Waals surface area (Å²) in [5.74, 6) is 1.27. The molecule has 0 bridgehead atoms. The van der Waals surface area contributed by atoms with Crippen LogP contribution in [0.4, 0.5) is 0 Å². The lowest BCUT2D eigenvalue weighted by atomic mass is 10.2. The van der Waals surface area contributed by atoms with Crippen LogP contribution in [0.3, 0.4) is 0 Å². The second-order valence-electron chi connectivity index (χ2n) is 5.57. The molecule has 3 rings (SSSR count). The number of thioether (sulfide) groups is 2. The lowest BCUT2D eigenvalue weighted by Crippen LogP contribution is -2.05. The first-order valence-electron chi connectivity index (χ1n) is 7.90. The smallest absolute Gasteiger partial charge is 0.175 e. The van der Waals surface area contributed by atoms with Crippen molar-refractivity contribution < 1.29 is 9.53 Å². The van der Waals surface area contributed by atoms with Crippen molar-refractivity contribution in [1.82, 2.24) is 14.8 Å². The van der Waals surface area contributed by atoms with E-state index in [1.807, 2.05) is 50.4 Å². The maximum absolute atomic E-state index is 12.7. The molecular weight excluding hydrogens is 386 g/mol. The zero-order valence-corrected chi connectivity index (χ0v) is 17.4. The molecule has 0 aliphatic rings. The average Bonchev–Trinajstić information content (AvgIpc) is 3.24. The van der Waals surface area contributed by atoms with E-state index in [4.69, 9.17) is 4.74 Å². The molecule has 0 radical (unpaired) electrons. The number of ketones is 1. The van der Waals surface area contributed by atoms with Gasteiger partial charge in [0, 0.05) is 22.6 Å². The zero-order valence-electron chi connectivity index (χ0n) is 15.0. The summed E-state index contributed by atoms with van der Waals surface area (Å²) in [7, 11) is 1.65. The number of rotatable bonds is 7. The third-order valence-electron chi connectivity index (χ3n) is 3.95. The van der Waals surface area contributed by atoms with E-state index in [1.165, 1.54) is 23.1 Å². The number of nitrogens with zero attached hydrogens (tertiary/aromatic N) is 3. The molecule has 26 heavy (non-hydrogen) atoms. The van der Waals surface area contributed by atoms with Gasteiger partial charge in [-0.1, -0.05) is 34.9 Å². The van der Waals surface area contributed by atoms with Crippen LogP contribution in [0, 0.1) is 13.8 Å². The number of carbonyl (C=O) groups excluding carboxylic acids is 1. The summed E-state index contributed by atoms with van der Waals surface area (Å²) in [5, 5.41) is 8.16. The van der Waals surface area contributed by atoms with Crippen LogP contribution in [0.25, 0.3) is 5.69 Å². The van der Waals surface area contributed by atoms with Crippen LogP contribution in [0.2, 0.25) is 0 Å². The van der Waals surface area contributed by atoms with Gasteiger partial charge in [0.2, 0.25) is 0 Å². The molecule has 0 saturated carbocycles. The van der Waals surface area contributed by atoms with Crippen molar-refractivity contribution in [1.29, 1.82) is 0 Å². The highest BCUT2D eigenvalue weighted by Gasteiger charge is 2.17. The molecule has 3 aromatic rings. The van der Waals surface area contributed by atoms with Crippen molar-refractivity contribution in [2.24, 2.45) is 0 Å². The molecule has 0 amide bonds. The number of aromatic nitrogens is 3. The molecule has 0 aliphatic carbocycles. The van der Waals surface area contributed by atoms with E-state index < -0.39 is 0 Å². The summed E-state index contributed by atoms with van der Waals surface area (Å²) >= 11 is 4.52. The Hall–Kier alpha value is -1.77. The van der Waals surface area contributed by atoms with Crippen LogP contribution in [0.1, 0.15) is 21.7 Å². The summed E-state index contributed by atoms with van der Waals surface area (Å²) in [4.78, 5) is 12.7. The highest BCUT2D eigenvalue weighted by Crippen LogP contribution is 2.29. The van der Waals surface area contributed by atoms with Crippen molar-refractivity contribution in [3.05, 3.63) is 47.3 Å². The number of carbonyl (C=O) groups is 1. The van der Waals surface area contributed by atoms with Crippen LogP contribution in [0.5, 0.6) is 5.75 Å². The topological polar surface area (TPSA) is 57.0 Å². The molecule has 0 N–H and O–H groups in total. The minimum absolute atomic E-state index is 0.101. The van der Waals surface area contributed by atoms with Crippen molar-refractivity contribution in [2.45, 2.75) is 22.5 Å². The van der Waals surface area contributed by atoms with Crippen LogP contribution >= 0.6 is 34.9 Å². The van der Waals surface area contributed by atoms with Gasteiger partial charge in [0.1, 0.15) is 5.75 Å². The normalized spacial score (nSPS) is 10.9. The summed E-state index contributed by atoms with van der Waals surface area (Å²) in [6.45, 7) is 3.99. The second kappa shape index (κ2) is 8.28. The third kappa shape index (κ3) is 3.97. The molecule has 8 heteroatoms. The molecule has 0 saturated heterocycles. The Kier molecular flexibility index (Phi) is 6.05. The quantitative estimate of drug-likeness (QED) is 0.421. The van der Waals surface area contributed by atoms with E-state index in [1.54, 1.807) is 18.9 Å². The van der Waals surface area contributed by atoms with E-state index in [0.29, 0.717) is 5.75 Å². The van der Waals surface area contributed by atoms with Gasteiger partial charge in [0.05, 0.1) is 12.9 Å². The van der Waals surface area contributed by atoms with E-state index in [9.17, 15) is 4.79 Å². The first kappa shape index (κ1) is 19.0. The first-order valence-corrected chi connectivity index (χ1v) is 10.9. The SMILES string of the molecule is COc1ccc(-n2c(C)cc(C(=O)CSc3nnc(SC)s3)c2C)cc1. The van der Waals surface area contributed by atoms with Crippen molar-refractivity contribution in [2.75, 3.05) is 19.1 Å². The van der Waals surface area contributed by atoms with E-state index in [2.05, 4.69) is 14.8 Å². The lowest BCUT2D eigenvalue weighted by Gasteiger charge is -2.10. The molecule has 1 aromatic carbocycles. The third-order valence-corrected chi connectivity index (χ3v) is 6.98. The number of ether oxygens (including phenoxy) is 1. The number of aryl methyl sites for hydroxylation is 1. The summed E-state index contributed by atoms with van der Waals surface area (Å²) in [6, 6.07) is 9.78.